The van der Waals surface area contributed by atoms with Crippen LogP contribution >= 0.6 is 9.90 Å². The van der Waals surface area contributed by atoms with Gasteiger partial charge in [-0.25, -0.2) is 0 Å². The molecule has 3 nitrogen and oxygen atoms in total. The van der Waals surface area contributed by atoms with Gasteiger partial charge in [-0.3, -0.25) is 0 Å². The molecule has 0 aromatic rings. The van der Waals surface area contributed by atoms with E-state index in [2.05, 4.69) is 0 Å². The monoisotopic (exact) mass is 303 g/mol. The molecule has 0 N–H and O–H groups in total. The summed E-state index contributed by atoms with van der Waals surface area (Å²) >= 11 is 0. The number of hydrogen-bond donors (Lipinski definition) is 0. The van der Waals surface area contributed by atoms with E-state index in [0.717, 1.165) is 0 Å². The molecule has 8 heteroatoms. The normalized spacial score (nSPS) is 0. The molecule has 0 spiro atoms. The van der Waals surface area contributed by atoms with Crippen molar-refractivity contribution in [1.29, 1.82) is 0 Å². The molecule has 0 aliphatic heterocycles. The first-order valence-corrected chi connectivity index (χ1v) is 0. The van der Waals surface area contributed by atoms with Gasteiger partial charge in [-0.05, 0) is 0 Å². The van der Waals surface area contributed by atoms with Gasteiger partial charge in [0.25, 0.3) is 0 Å². The summed E-state index contributed by atoms with van der Waals surface area (Å²) in [6, 6.07) is 0. The van der Waals surface area contributed by atoms with E-state index in [1.807, 2.05) is 0 Å². The average molecular weight is 302 g/mol. The summed E-state index contributed by atoms with van der Waals surface area (Å²) in [5.41, 5.74) is 0. The van der Waals surface area contributed by atoms with Gasteiger partial charge in [0.1, 0.15) is 0 Å². The van der Waals surface area contributed by atoms with Gasteiger partial charge < -0.3 is 16.4 Å². The van der Waals surface area contributed by atoms with Crippen LogP contribution in [0.2, 0.25) is 0 Å². The number of hydrogen-bond acceptors (Lipinski definition) is 0. The Morgan fingerprint density at radius 3 is 0.750 bits per heavy atom. The number of rotatable bonds is 0. The molecule has 0 aromatic carbocycles. The van der Waals surface area contributed by atoms with Crippen LogP contribution < -0.4 is 0 Å². The first kappa shape index (κ1) is 132. The quantitative estimate of drug-likeness (QED) is 0.408. The molecule has 0 bridgehead atoms. The molecule has 0 saturated carbocycles. The van der Waals surface area contributed by atoms with Crippen molar-refractivity contribution in [2.75, 3.05) is 0 Å². The molecule has 0 fully saturated rings. The van der Waals surface area contributed by atoms with Crippen molar-refractivity contribution in [3.63, 3.8) is 0 Å². The van der Waals surface area contributed by atoms with Gasteiger partial charge in [0.15, 0.2) is 0 Å². The fourth-order valence-corrected chi connectivity index (χ4v) is 0. The summed E-state index contributed by atoms with van der Waals surface area (Å²) in [7, 11) is 0. The van der Waals surface area contributed by atoms with Crippen LogP contribution in [0, 0.1) is 0 Å². The zero-order chi connectivity index (χ0) is 0. The van der Waals surface area contributed by atoms with E-state index in [4.69, 9.17) is 0 Å². The molecule has 0 aliphatic rings. The Bertz CT molecular complexity index is 19.2. The van der Waals surface area contributed by atoms with Gasteiger partial charge in [0, 0.05) is 38.0 Å². The molecular formula is H4LiMoO3PVZn. The van der Waals surface area contributed by atoms with Crippen LogP contribution in [0.25, 0.3) is 0 Å². The third kappa shape index (κ3) is 68.2. The van der Waals surface area contributed by atoms with Crippen LogP contribution in [0.4, 0.5) is 0 Å². The Balaban J connectivity index is 0. The second-order valence-corrected chi connectivity index (χ2v) is 0. The third-order valence-corrected chi connectivity index (χ3v) is 0. The SMILES string of the molecule is P.[LiH].[Mo+6].[O-2].[O-2].[O-2].[V].[Zn]. The minimum Gasteiger partial charge on any atom is -2.00 e. The maximum atomic E-state index is 0. The summed E-state index contributed by atoms with van der Waals surface area (Å²) in [6.07, 6.45) is 0. The molecular weight excluding hydrogens is 298 g/mol. The molecule has 0 saturated heterocycles. The Morgan fingerprint density at radius 1 is 0.750 bits per heavy atom. The fraction of sp³-hybridized carbons (Fsp3) is 0. The first-order valence-electron chi connectivity index (χ1n) is 0. The molecule has 0 amide bonds. The van der Waals surface area contributed by atoms with E-state index in [-0.39, 0.29) is 104 Å². The molecule has 0 rings (SSSR count). The van der Waals surface area contributed by atoms with Crippen LogP contribution in [0.3, 0.4) is 0 Å². The van der Waals surface area contributed by atoms with Crippen LogP contribution in [-0.2, 0) is 75.5 Å². The van der Waals surface area contributed by atoms with E-state index >= 15 is 0 Å². The topological polar surface area (TPSA) is 85.5 Å². The van der Waals surface area contributed by atoms with Gasteiger partial charge in [-0.1, -0.05) is 0 Å². The van der Waals surface area contributed by atoms with Crippen molar-refractivity contribution in [3.05, 3.63) is 0 Å². The standard InChI is InChI=1S/Li.Mo.3O.H3P.V.Zn.H/h;;;;;1H3;;;/q;+6;3*-2;;;;. The second kappa shape index (κ2) is 96.7. The van der Waals surface area contributed by atoms with Crippen LogP contribution in [-0.4, -0.2) is 18.9 Å². The Labute approximate surface area is 103 Å². The van der Waals surface area contributed by atoms with E-state index in [9.17, 15) is 0 Å². The largest absolute Gasteiger partial charge is 6.00 e. The summed E-state index contributed by atoms with van der Waals surface area (Å²) in [4.78, 5) is 0. The maximum absolute atomic E-state index is 0. The van der Waals surface area contributed by atoms with Gasteiger partial charge in [-0.2, -0.15) is 9.90 Å². The van der Waals surface area contributed by atoms with E-state index < -0.39 is 0 Å². The zero-order valence-electron chi connectivity index (χ0n) is 3.49. The van der Waals surface area contributed by atoms with Crippen molar-refractivity contribution in [2.45, 2.75) is 0 Å². The Kier molecular flexibility index (Phi) is 1600. The van der Waals surface area contributed by atoms with E-state index in [1.165, 1.54) is 0 Å². The fourth-order valence-electron chi connectivity index (χ4n) is 0. The van der Waals surface area contributed by atoms with Crippen molar-refractivity contribution in [3.8, 4) is 0 Å². The van der Waals surface area contributed by atoms with Crippen molar-refractivity contribution in [1.82, 2.24) is 0 Å². The van der Waals surface area contributed by atoms with Gasteiger partial charge in [0.2, 0.25) is 0 Å². The minimum absolute atomic E-state index is 0. The second-order valence-electron chi connectivity index (χ2n) is 0. The molecule has 0 heterocycles. The van der Waals surface area contributed by atoms with E-state index in [0.29, 0.717) is 0 Å². The summed E-state index contributed by atoms with van der Waals surface area (Å²) in [5.74, 6) is 0. The summed E-state index contributed by atoms with van der Waals surface area (Å²) in [6.45, 7) is 0. The zero-order valence-corrected chi connectivity index (χ0v) is 11.3. The van der Waals surface area contributed by atoms with Gasteiger partial charge in [-0.15, -0.1) is 0 Å². The van der Waals surface area contributed by atoms with Gasteiger partial charge >= 0.3 is 39.9 Å². The van der Waals surface area contributed by atoms with Crippen molar-refractivity contribution >= 4 is 28.8 Å². The predicted molar refractivity (Wildman–Crippen MR) is 20.3 cm³/mol. The van der Waals surface area contributed by atoms with E-state index in [1.54, 1.807) is 0 Å². The van der Waals surface area contributed by atoms with Crippen molar-refractivity contribution in [2.24, 2.45) is 0 Å². The van der Waals surface area contributed by atoms with Crippen LogP contribution in [0.5, 0.6) is 0 Å². The first-order chi connectivity index (χ1) is 0. The molecule has 41 valence electrons. The molecule has 1 unspecified atom stereocenters. The molecule has 1 radical (unpaired) electrons. The van der Waals surface area contributed by atoms with Gasteiger partial charge in [0.05, 0.1) is 0 Å². The summed E-state index contributed by atoms with van der Waals surface area (Å²) in [5, 5.41) is 0. The van der Waals surface area contributed by atoms with Crippen LogP contribution in [0.1, 0.15) is 0 Å². The Morgan fingerprint density at radius 2 is 0.750 bits per heavy atom. The molecule has 0 aromatic heterocycles. The third-order valence-electron chi connectivity index (χ3n) is 0. The smallest absolute Gasteiger partial charge is 2.00 e. The predicted octanol–water partition coefficient (Wildman–Crippen LogP) is -0.954. The summed E-state index contributed by atoms with van der Waals surface area (Å²) < 4.78 is 0. The minimum atomic E-state index is 0. The molecule has 0 aliphatic carbocycles. The molecule has 1 atom stereocenters. The van der Waals surface area contributed by atoms with Crippen LogP contribution in [0.15, 0.2) is 0 Å². The van der Waals surface area contributed by atoms with Crippen molar-refractivity contribution < 1.29 is 75.5 Å². The Hall–Kier alpha value is 2.80. The average Bonchev–Trinajstić information content (AvgIpc) is 0. The molecule has 8 heavy (non-hydrogen) atoms. The maximum Gasteiger partial charge on any atom is 6.00 e.